The highest BCUT2D eigenvalue weighted by Gasteiger charge is 2.42. The van der Waals surface area contributed by atoms with Crippen molar-refractivity contribution in [3.63, 3.8) is 0 Å². The van der Waals surface area contributed by atoms with Gasteiger partial charge in [0, 0.05) is 6.42 Å². The van der Waals surface area contributed by atoms with E-state index in [0.717, 1.165) is 4.90 Å². The van der Waals surface area contributed by atoms with E-state index in [1.807, 2.05) is 0 Å². The SMILES string of the molecule is CC(C)(C)OC(=O)N1CC(Oc2cccc(C(=O)O)c2)CC1C(=O)O. The summed E-state index contributed by atoms with van der Waals surface area (Å²) in [7, 11) is 0. The van der Waals surface area contributed by atoms with Crippen LogP contribution in [-0.2, 0) is 9.53 Å². The van der Waals surface area contributed by atoms with Crippen LogP contribution in [0.25, 0.3) is 0 Å². The van der Waals surface area contributed by atoms with E-state index in [1.54, 1.807) is 26.8 Å². The van der Waals surface area contributed by atoms with E-state index in [4.69, 9.17) is 14.6 Å². The zero-order chi connectivity index (χ0) is 18.8. The van der Waals surface area contributed by atoms with Gasteiger partial charge in [0.1, 0.15) is 23.5 Å². The molecule has 0 aromatic heterocycles. The van der Waals surface area contributed by atoms with Crippen LogP contribution in [0.5, 0.6) is 5.75 Å². The molecular weight excluding hydrogens is 330 g/mol. The summed E-state index contributed by atoms with van der Waals surface area (Å²) < 4.78 is 10.9. The second-order valence-corrected chi connectivity index (χ2v) is 6.80. The van der Waals surface area contributed by atoms with Gasteiger partial charge in [-0.05, 0) is 39.0 Å². The van der Waals surface area contributed by atoms with E-state index in [9.17, 15) is 19.5 Å². The number of hydrogen-bond donors (Lipinski definition) is 2. The summed E-state index contributed by atoms with van der Waals surface area (Å²) in [6.07, 6.45) is -1.20. The van der Waals surface area contributed by atoms with Crippen molar-refractivity contribution in [3.8, 4) is 5.75 Å². The number of ether oxygens (including phenoxy) is 2. The number of carboxylic acids is 2. The molecule has 1 saturated heterocycles. The Morgan fingerprint density at radius 1 is 1.20 bits per heavy atom. The molecule has 0 aliphatic carbocycles. The number of nitrogens with zero attached hydrogens (tertiary/aromatic N) is 1. The lowest BCUT2D eigenvalue weighted by Gasteiger charge is -2.26. The van der Waals surface area contributed by atoms with Crippen LogP contribution >= 0.6 is 0 Å². The summed E-state index contributed by atoms with van der Waals surface area (Å²) in [6.45, 7) is 5.13. The Labute approximate surface area is 144 Å². The molecule has 1 aliphatic rings. The van der Waals surface area contributed by atoms with E-state index in [1.165, 1.54) is 18.2 Å². The monoisotopic (exact) mass is 351 g/mol. The lowest BCUT2D eigenvalue weighted by atomic mass is 10.2. The molecule has 25 heavy (non-hydrogen) atoms. The summed E-state index contributed by atoms with van der Waals surface area (Å²) in [5.41, 5.74) is -0.677. The Morgan fingerprint density at radius 3 is 2.44 bits per heavy atom. The molecular formula is C17H21NO7. The highest BCUT2D eigenvalue weighted by atomic mass is 16.6. The van der Waals surface area contributed by atoms with E-state index < -0.39 is 35.8 Å². The summed E-state index contributed by atoms with van der Waals surface area (Å²) in [5.74, 6) is -1.92. The predicted molar refractivity (Wildman–Crippen MR) is 86.8 cm³/mol. The predicted octanol–water partition coefficient (Wildman–Crippen LogP) is 2.23. The summed E-state index contributed by atoms with van der Waals surface area (Å²) in [5, 5.41) is 18.4. The maximum atomic E-state index is 12.2. The highest BCUT2D eigenvalue weighted by molar-refractivity contribution is 5.88. The zero-order valence-corrected chi connectivity index (χ0v) is 14.3. The molecule has 2 atom stereocenters. The first-order valence-corrected chi connectivity index (χ1v) is 7.79. The average molecular weight is 351 g/mol. The van der Waals surface area contributed by atoms with E-state index in [0.29, 0.717) is 5.75 Å². The lowest BCUT2D eigenvalue weighted by Crippen LogP contribution is -2.43. The van der Waals surface area contributed by atoms with Crippen LogP contribution in [0.15, 0.2) is 24.3 Å². The number of aliphatic carboxylic acids is 1. The molecule has 8 heteroatoms. The van der Waals surface area contributed by atoms with Crippen LogP contribution in [0.1, 0.15) is 37.6 Å². The quantitative estimate of drug-likeness (QED) is 0.855. The van der Waals surface area contributed by atoms with Crippen molar-refractivity contribution >= 4 is 18.0 Å². The molecule has 2 rings (SSSR count). The first kappa shape index (κ1) is 18.6. The number of carbonyl (C=O) groups excluding carboxylic acids is 1. The van der Waals surface area contributed by atoms with Crippen molar-refractivity contribution in [1.82, 2.24) is 4.90 Å². The van der Waals surface area contributed by atoms with Gasteiger partial charge in [-0.25, -0.2) is 14.4 Å². The maximum absolute atomic E-state index is 12.2. The minimum absolute atomic E-state index is 0.0448. The molecule has 1 aromatic carbocycles. The molecule has 2 unspecified atom stereocenters. The van der Waals surface area contributed by atoms with E-state index in [2.05, 4.69) is 0 Å². The van der Waals surface area contributed by atoms with Crippen LogP contribution in [0.2, 0.25) is 0 Å². The summed E-state index contributed by atoms with van der Waals surface area (Å²) in [4.78, 5) is 35.8. The van der Waals surface area contributed by atoms with Crippen molar-refractivity contribution < 1.29 is 34.1 Å². The van der Waals surface area contributed by atoms with Crippen LogP contribution in [0.3, 0.4) is 0 Å². The van der Waals surface area contributed by atoms with Crippen molar-refractivity contribution in [3.05, 3.63) is 29.8 Å². The third-order valence-corrected chi connectivity index (χ3v) is 3.56. The Bertz CT molecular complexity index is 680. The first-order chi connectivity index (χ1) is 11.6. The van der Waals surface area contributed by atoms with Crippen molar-refractivity contribution in [2.24, 2.45) is 0 Å². The Balaban J connectivity index is 2.11. The number of carbonyl (C=O) groups is 3. The van der Waals surface area contributed by atoms with Gasteiger partial charge in [0.25, 0.3) is 0 Å². The van der Waals surface area contributed by atoms with Gasteiger partial charge in [-0.2, -0.15) is 0 Å². The van der Waals surface area contributed by atoms with Gasteiger partial charge >= 0.3 is 18.0 Å². The topological polar surface area (TPSA) is 113 Å². The number of carboxylic acid groups (broad SMARTS) is 2. The standard InChI is InChI=1S/C17H21NO7/c1-17(2,3)25-16(23)18-9-12(8-13(18)15(21)22)24-11-6-4-5-10(7-11)14(19)20/h4-7,12-13H,8-9H2,1-3H3,(H,19,20)(H,21,22). The molecule has 2 N–H and O–H groups in total. The Morgan fingerprint density at radius 2 is 1.88 bits per heavy atom. The second-order valence-electron chi connectivity index (χ2n) is 6.80. The summed E-state index contributed by atoms with van der Waals surface area (Å²) >= 11 is 0. The average Bonchev–Trinajstić information content (AvgIpc) is 2.90. The van der Waals surface area contributed by atoms with Crippen LogP contribution in [0.4, 0.5) is 4.79 Å². The van der Waals surface area contributed by atoms with Crippen molar-refractivity contribution in [2.75, 3.05) is 6.54 Å². The van der Waals surface area contributed by atoms with Gasteiger partial charge in [-0.15, -0.1) is 0 Å². The van der Waals surface area contributed by atoms with Gasteiger partial charge in [-0.1, -0.05) is 6.07 Å². The third kappa shape index (κ3) is 4.85. The second kappa shape index (κ2) is 7.00. The van der Waals surface area contributed by atoms with Crippen molar-refractivity contribution in [2.45, 2.75) is 44.9 Å². The fraction of sp³-hybridized carbons (Fsp3) is 0.471. The molecule has 1 aliphatic heterocycles. The Kier molecular flexibility index (Phi) is 5.20. The molecule has 0 radical (unpaired) electrons. The molecule has 1 aromatic rings. The molecule has 1 heterocycles. The molecule has 0 bridgehead atoms. The van der Waals surface area contributed by atoms with Gasteiger partial charge in [0.15, 0.2) is 0 Å². The van der Waals surface area contributed by atoms with Crippen LogP contribution in [0, 0.1) is 0 Å². The van der Waals surface area contributed by atoms with E-state index >= 15 is 0 Å². The van der Waals surface area contributed by atoms with Gasteiger partial charge in [0.05, 0.1) is 12.1 Å². The van der Waals surface area contributed by atoms with Crippen LogP contribution < -0.4 is 4.74 Å². The Hall–Kier alpha value is -2.77. The van der Waals surface area contributed by atoms with Gasteiger partial charge < -0.3 is 19.7 Å². The first-order valence-electron chi connectivity index (χ1n) is 7.79. The zero-order valence-electron chi connectivity index (χ0n) is 14.3. The lowest BCUT2D eigenvalue weighted by molar-refractivity contribution is -0.142. The highest BCUT2D eigenvalue weighted by Crippen LogP contribution is 2.26. The van der Waals surface area contributed by atoms with E-state index in [-0.39, 0.29) is 18.5 Å². The number of amides is 1. The summed E-state index contributed by atoms with van der Waals surface area (Å²) in [6, 6.07) is 4.85. The molecule has 1 amide bonds. The fourth-order valence-electron chi connectivity index (χ4n) is 2.53. The molecule has 1 fully saturated rings. The minimum atomic E-state index is -1.14. The van der Waals surface area contributed by atoms with Gasteiger partial charge in [0.2, 0.25) is 0 Å². The van der Waals surface area contributed by atoms with Crippen molar-refractivity contribution in [1.29, 1.82) is 0 Å². The smallest absolute Gasteiger partial charge is 0.411 e. The molecule has 136 valence electrons. The number of benzene rings is 1. The number of hydrogen-bond acceptors (Lipinski definition) is 5. The van der Waals surface area contributed by atoms with Gasteiger partial charge in [-0.3, -0.25) is 4.90 Å². The minimum Gasteiger partial charge on any atom is -0.488 e. The molecule has 0 saturated carbocycles. The van der Waals surface area contributed by atoms with Crippen LogP contribution in [-0.4, -0.2) is 57.4 Å². The number of likely N-dealkylation sites (tertiary alicyclic amines) is 1. The molecule has 8 nitrogen and oxygen atoms in total. The maximum Gasteiger partial charge on any atom is 0.411 e. The fourth-order valence-corrected chi connectivity index (χ4v) is 2.53. The third-order valence-electron chi connectivity index (χ3n) is 3.56. The molecule has 0 spiro atoms. The normalized spacial score (nSPS) is 20.2. The largest absolute Gasteiger partial charge is 0.488 e. The number of aromatic carboxylic acids is 1. The number of rotatable bonds is 4.